The number of fused-ring (bicyclic) bond motifs is 1. The van der Waals surface area contributed by atoms with Crippen LogP contribution in [0.5, 0.6) is 0 Å². The molecule has 0 amide bonds. The van der Waals surface area contributed by atoms with E-state index in [4.69, 9.17) is 4.74 Å². The van der Waals surface area contributed by atoms with Crippen LogP contribution in [0.3, 0.4) is 0 Å². The molecule has 2 rings (SSSR count). The van der Waals surface area contributed by atoms with Gasteiger partial charge in [-0.1, -0.05) is 6.42 Å². The molecule has 0 aromatic heterocycles. The number of hydrogen-bond donors (Lipinski definition) is 0. The van der Waals surface area contributed by atoms with Gasteiger partial charge in [-0.25, -0.2) is 0 Å². The van der Waals surface area contributed by atoms with E-state index in [0.29, 0.717) is 18.9 Å². The maximum Gasteiger partial charge on any atom is 0.313 e. The lowest BCUT2D eigenvalue weighted by molar-refractivity contribution is -0.147. The highest BCUT2D eigenvalue weighted by Crippen LogP contribution is 2.40. The average molecular weight is 208 g/mol. The zero-order chi connectivity index (χ0) is 10.8. The molecule has 3 nitrogen and oxygen atoms in total. The molecule has 0 aromatic rings. The van der Waals surface area contributed by atoms with Gasteiger partial charge in [0.2, 0.25) is 0 Å². The minimum Gasteiger partial charge on any atom is -0.466 e. The van der Waals surface area contributed by atoms with Gasteiger partial charge in [-0.2, -0.15) is 0 Å². The number of hydrogen-bond acceptors (Lipinski definition) is 3. The standard InChI is InChI=1S/C12H16O3/c1-2-15-12(14)10-5-3-4-8-6-9(13)7-11(8)10/h7-8,10H,2-6H2,1H3. The fourth-order valence-corrected chi connectivity index (χ4v) is 2.61. The number of rotatable bonds is 2. The summed E-state index contributed by atoms with van der Waals surface area (Å²) in [7, 11) is 0. The zero-order valence-corrected chi connectivity index (χ0v) is 8.99. The molecule has 0 aromatic carbocycles. The molecule has 0 aliphatic heterocycles. The normalized spacial score (nSPS) is 29.7. The highest BCUT2D eigenvalue weighted by atomic mass is 16.5. The monoisotopic (exact) mass is 208 g/mol. The Morgan fingerprint density at radius 2 is 2.33 bits per heavy atom. The largest absolute Gasteiger partial charge is 0.466 e. The van der Waals surface area contributed by atoms with Crippen molar-refractivity contribution in [2.75, 3.05) is 6.61 Å². The number of esters is 1. The van der Waals surface area contributed by atoms with Crippen LogP contribution in [-0.2, 0) is 14.3 Å². The minimum absolute atomic E-state index is 0.143. The van der Waals surface area contributed by atoms with Crippen LogP contribution < -0.4 is 0 Å². The lowest BCUT2D eigenvalue weighted by atomic mass is 9.78. The van der Waals surface area contributed by atoms with Crippen LogP contribution in [-0.4, -0.2) is 18.4 Å². The van der Waals surface area contributed by atoms with Crippen LogP contribution in [0.2, 0.25) is 0 Å². The molecule has 0 N–H and O–H groups in total. The van der Waals surface area contributed by atoms with Crippen LogP contribution >= 0.6 is 0 Å². The van der Waals surface area contributed by atoms with Gasteiger partial charge in [0.15, 0.2) is 5.78 Å². The van der Waals surface area contributed by atoms with Gasteiger partial charge in [0.1, 0.15) is 0 Å². The Morgan fingerprint density at radius 1 is 1.53 bits per heavy atom. The number of ketones is 1. The van der Waals surface area contributed by atoms with E-state index in [1.54, 1.807) is 6.08 Å². The van der Waals surface area contributed by atoms with Gasteiger partial charge in [0, 0.05) is 6.42 Å². The average Bonchev–Trinajstić information content (AvgIpc) is 2.57. The fourth-order valence-electron chi connectivity index (χ4n) is 2.61. The maximum atomic E-state index is 11.7. The Hall–Kier alpha value is -1.12. The Labute approximate surface area is 89.5 Å². The van der Waals surface area contributed by atoms with E-state index < -0.39 is 0 Å². The van der Waals surface area contributed by atoms with Gasteiger partial charge in [-0.15, -0.1) is 0 Å². The molecule has 0 radical (unpaired) electrons. The second-order valence-corrected chi connectivity index (χ2v) is 4.25. The van der Waals surface area contributed by atoms with Crippen LogP contribution in [0.25, 0.3) is 0 Å². The lowest BCUT2D eigenvalue weighted by Gasteiger charge is -2.27. The molecular weight excluding hydrogens is 192 g/mol. The van der Waals surface area contributed by atoms with E-state index >= 15 is 0 Å². The van der Waals surface area contributed by atoms with Gasteiger partial charge >= 0.3 is 5.97 Å². The van der Waals surface area contributed by atoms with Crippen molar-refractivity contribution in [2.24, 2.45) is 11.8 Å². The third kappa shape index (κ3) is 1.96. The summed E-state index contributed by atoms with van der Waals surface area (Å²) in [5, 5.41) is 0. The molecule has 3 heteroatoms. The van der Waals surface area contributed by atoms with Crippen LogP contribution in [0.4, 0.5) is 0 Å². The zero-order valence-electron chi connectivity index (χ0n) is 8.99. The molecule has 82 valence electrons. The SMILES string of the molecule is CCOC(=O)C1CCCC2CC(=O)C=C21. The van der Waals surface area contributed by atoms with E-state index in [0.717, 1.165) is 24.8 Å². The first-order valence-corrected chi connectivity index (χ1v) is 5.63. The van der Waals surface area contributed by atoms with Crippen molar-refractivity contribution in [3.05, 3.63) is 11.6 Å². The van der Waals surface area contributed by atoms with E-state index in [2.05, 4.69) is 0 Å². The summed E-state index contributed by atoms with van der Waals surface area (Å²) in [5.74, 6) is 0.199. The van der Waals surface area contributed by atoms with E-state index in [9.17, 15) is 9.59 Å². The topological polar surface area (TPSA) is 43.4 Å². The number of allylic oxidation sites excluding steroid dienone is 1. The van der Waals surface area contributed by atoms with Crippen LogP contribution in [0.1, 0.15) is 32.6 Å². The first kappa shape index (κ1) is 10.4. The molecule has 2 aliphatic rings. The summed E-state index contributed by atoms with van der Waals surface area (Å²) in [6, 6.07) is 0. The van der Waals surface area contributed by atoms with Gasteiger partial charge in [0.05, 0.1) is 12.5 Å². The molecule has 0 bridgehead atoms. The quantitative estimate of drug-likeness (QED) is 0.650. The summed E-state index contributed by atoms with van der Waals surface area (Å²) < 4.78 is 5.03. The van der Waals surface area contributed by atoms with Gasteiger partial charge in [0.25, 0.3) is 0 Å². The Kier molecular flexibility index (Phi) is 2.89. The minimum atomic E-state index is -0.150. The van der Waals surface area contributed by atoms with E-state index in [1.807, 2.05) is 6.92 Å². The van der Waals surface area contributed by atoms with Gasteiger partial charge in [-0.05, 0) is 37.3 Å². The molecule has 2 atom stereocenters. The smallest absolute Gasteiger partial charge is 0.313 e. The number of carbonyl (C=O) groups excluding carboxylic acids is 2. The third-order valence-electron chi connectivity index (χ3n) is 3.27. The van der Waals surface area contributed by atoms with E-state index in [-0.39, 0.29) is 17.7 Å². The Bertz CT molecular complexity index is 317. The summed E-state index contributed by atoms with van der Waals surface area (Å²) in [6.07, 6.45) is 5.19. The molecule has 0 saturated heterocycles. The predicted octanol–water partition coefficient (Wildman–Crippen LogP) is 1.86. The molecule has 15 heavy (non-hydrogen) atoms. The van der Waals surface area contributed by atoms with E-state index in [1.165, 1.54) is 0 Å². The van der Waals surface area contributed by atoms with Crippen molar-refractivity contribution in [3.8, 4) is 0 Å². The molecule has 1 saturated carbocycles. The Balaban J connectivity index is 2.14. The maximum absolute atomic E-state index is 11.7. The summed E-state index contributed by atoms with van der Waals surface area (Å²) in [5.41, 5.74) is 1.03. The second-order valence-electron chi connectivity index (χ2n) is 4.25. The van der Waals surface area contributed by atoms with Crippen LogP contribution in [0.15, 0.2) is 11.6 Å². The number of carbonyl (C=O) groups is 2. The lowest BCUT2D eigenvalue weighted by Crippen LogP contribution is -2.26. The highest BCUT2D eigenvalue weighted by molar-refractivity contribution is 5.95. The molecule has 2 aliphatic carbocycles. The second kappa shape index (κ2) is 4.17. The van der Waals surface area contributed by atoms with Crippen molar-refractivity contribution in [1.29, 1.82) is 0 Å². The van der Waals surface area contributed by atoms with Gasteiger partial charge in [-0.3, -0.25) is 9.59 Å². The van der Waals surface area contributed by atoms with Crippen LogP contribution in [0, 0.1) is 11.8 Å². The molecule has 2 unspecified atom stereocenters. The number of ether oxygens (including phenoxy) is 1. The van der Waals surface area contributed by atoms with Crippen molar-refractivity contribution < 1.29 is 14.3 Å². The Morgan fingerprint density at radius 3 is 3.07 bits per heavy atom. The third-order valence-corrected chi connectivity index (χ3v) is 3.27. The first-order chi connectivity index (χ1) is 7.22. The van der Waals surface area contributed by atoms with Crippen molar-refractivity contribution >= 4 is 11.8 Å². The highest BCUT2D eigenvalue weighted by Gasteiger charge is 2.37. The summed E-state index contributed by atoms with van der Waals surface area (Å²) in [4.78, 5) is 23.0. The molecule has 0 heterocycles. The fraction of sp³-hybridized carbons (Fsp3) is 0.667. The first-order valence-electron chi connectivity index (χ1n) is 5.63. The molecule has 0 spiro atoms. The van der Waals surface area contributed by atoms with Crippen molar-refractivity contribution in [2.45, 2.75) is 32.6 Å². The molecule has 1 fully saturated rings. The van der Waals surface area contributed by atoms with Crippen molar-refractivity contribution in [1.82, 2.24) is 0 Å². The summed E-state index contributed by atoms with van der Waals surface area (Å²) in [6.45, 7) is 2.23. The van der Waals surface area contributed by atoms with Gasteiger partial charge < -0.3 is 4.74 Å². The molecular formula is C12H16O3. The summed E-state index contributed by atoms with van der Waals surface area (Å²) >= 11 is 0. The predicted molar refractivity (Wildman–Crippen MR) is 55.2 cm³/mol. The van der Waals surface area contributed by atoms with Crippen molar-refractivity contribution in [3.63, 3.8) is 0 Å².